The van der Waals surface area contributed by atoms with E-state index < -0.39 is 0 Å². The summed E-state index contributed by atoms with van der Waals surface area (Å²) in [4.78, 5) is 16.9. The van der Waals surface area contributed by atoms with Gasteiger partial charge in [0.1, 0.15) is 0 Å². The first-order valence-corrected chi connectivity index (χ1v) is 8.95. The molecule has 134 valence electrons. The van der Waals surface area contributed by atoms with E-state index in [0.29, 0.717) is 10.6 Å². The Balaban J connectivity index is 2.23. The average Bonchev–Trinajstić information content (AvgIpc) is 2.68. The Kier molecular flexibility index (Phi) is 7.37. The van der Waals surface area contributed by atoms with Crippen LogP contribution in [0.5, 0.6) is 0 Å². The molecule has 2 aromatic rings. The van der Waals surface area contributed by atoms with E-state index in [1.807, 2.05) is 50.3 Å². The molecule has 0 saturated heterocycles. The highest BCUT2D eigenvalue weighted by Crippen LogP contribution is 2.16. The van der Waals surface area contributed by atoms with Crippen LogP contribution in [0.1, 0.15) is 43.2 Å². The van der Waals surface area contributed by atoms with Crippen molar-refractivity contribution in [2.24, 2.45) is 0 Å². The first-order chi connectivity index (χ1) is 12.5. The van der Waals surface area contributed by atoms with Crippen LogP contribution >= 0.6 is 11.6 Å². The number of aromatic nitrogens is 1. The minimum atomic E-state index is -0.158. The van der Waals surface area contributed by atoms with E-state index >= 15 is 0 Å². The smallest absolute Gasteiger partial charge is 0.255 e. The second-order valence-electron chi connectivity index (χ2n) is 5.80. The zero-order chi connectivity index (χ0) is 18.9. The molecule has 0 radical (unpaired) electrons. The molecule has 0 bridgehead atoms. The van der Waals surface area contributed by atoms with Crippen molar-refractivity contribution in [2.75, 3.05) is 0 Å². The molecular formula is C22H23ClN2O. The third-order valence-corrected chi connectivity index (χ3v) is 4.30. The lowest BCUT2D eigenvalue weighted by Crippen LogP contribution is -2.22. The predicted molar refractivity (Wildman–Crippen MR) is 109 cm³/mol. The molecule has 0 saturated carbocycles. The van der Waals surface area contributed by atoms with E-state index in [1.165, 1.54) is 0 Å². The number of hydrogen-bond donors (Lipinski definition) is 1. The lowest BCUT2D eigenvalue weighted by molar-refractivity contribution is 0.0966. The number of nitrogens with zero attached hydrogens (tertiary/aromatic N) is 1. The summed E-state index contributed by atoms with van der Waals surface area (Å²) in [5.41, 5.74) is 4.35. The summed E-state index contributed by atoms with van der Waals surface area (Å²) in [7, 11) is 0. The van der Waals surface area contributed by atoms with Gasteiger partial charge in [-0.1, -0.05) is 36.7 Å². The summed E-state index contributed by atoms with van der Waals surface area (Å²) in [6.07, 6.45) is 8.51. The number of nitrogens with one attached hydrogen (secondary N) is 1. The Morgan fingerprint density at radius 3 is 2.46 bits per heavy atom. The van der Waals surface area contributed by atoms with Gasteiger partial charge in [-0.15, -0.1) is 0 Å². The number of hydrogen-bond acceptors (Lipinski definition) is 2. The SMILES string of the molecule is C\C=C(/C=C\C(NC(=O)c1ccc(Cl)cc1)=C(/C)CC)c1ccccn1. The molecule has 1 heterocycles. The normalized spacial score (nSPS) is 12.8. The Hall–Kier alpha value is -2.65. The van der Waals surface area contributed by atoms with Crippen LogP contribution in [0.2, 0.25) is 5.02 Å². The van der Waals surface area contributed by atoms with E-state index in [0.717, 1.165) is 29.0 Å². The number of rotatable bonds is 6. The first kappa shape index (κ1) is 19.7. The third-order valence-electron chi connectivity index (χ3n) is 4.05. The van der Waals surface area contributed by atoms with Crippen LogP contribution in [0.4, 0.5) is 0 Å². The molecule has 0 fully saturated rings. The van der Waals surface area contributed by atoms with Gasteiger partial charge < -0.3 is 5.32 Å². The molecule has 1 aromatic heterocycles. The van der Waals surface area contributed by atoms with Crippen LogP contribution < -0.4 is 5.32 Å². The maximum atomic E-state index is 12.5. The van der Waals surface area contributed by atoms with Crippen LogP contribution in [0, 0.1) is 0 Å². The number of pyridine rings is 1. The number of carbonyl (C=O) groups is 1. The molecule has 0 aliphatic heterocycles. The highest BCUT2D eigenvalue weighted by Gasteiger charge is 2.08. The van der Waals surface area contributed by atoms with Gasteiger partial charge in [0, 0.05) is 22.5 Å². The largest absolute Gasteiger partial charge is 0.322 e. The second kappa shape index (κ2) is 9.73. The average molecular weight is 367 g/mol. The Bertz CT molecular complexity index is 834. The van der Waals surface area contributed by atoms with E-state index in [9.17, 15) is 4.79 Å². The number of amides is 1. The fraction of sp³-hybridized carbons (Fsp3) is 0.182. The quantitative estimate of drug-likeness (QED) is 0.655. The predicted octanol–water partition coefficient (Wildman–Crippen LogP) is 5.81. The standard InChI is InChI=1S/C22H23ClN2O/c1-4-16(3)20(25-22(26)18-9-12-19(23)13-10-18)14-11-17(5-2)21-8-6-7-15-24-21/h5-15H,4H2,1-3H3,(H,25,26)/b14-11-,17-5+,20-16-. The fourth-order valence-corrected chi connectivity index (χ4v) is 2.44. The van der Waals surface area contributed by atoms with Gasteiger partial charge in [-0.25, -0.2) is 0 Å². The molecule has 0 aliphatic rings. The minimum Gasteiger partial charge on any atom is -0.322 e. The molecular weight excluding hydrogens is 344 g/mol. The highest BCUT2D eigenvalue weighted by atomic mass is 35.5. The number of benzene rings is 1. The Morgan fingerprint density at radius 1 is 1.15 bits per heavy atom. The number of carbonyl (C=O) groups excluding carboxylic acids is 1. The zero-order valence-corrected chi connectivity index (χ0v) is 16.0. The zero-order valence-electron chi connectivity index (χ0n) is 15.3. The van der Waals surface area contributed by atoms with E-state index in [4.69, 9.17) is 11.6 Å². The van der Waals surface area contributed by atoms with Gasteiger partial charge in [0.2, 0.25) is 0 Å². The summed E-state index contributed by atoms with van der Waals surface area (Å²) < 4.78 is 0. The van der Waals surface area contributed by atoms with Crippen molar-refractivity contribution in [3.05, 3.63) is 94.4 Å². The monoisotopic (exact) mass is 366 g/mol. The van der Waals surface area contributed by atoms with Crippen LogP contribution in [0.15, 0.2) is 78.2 Å². The summed E-state index contributed by atoms with van der Waals surface area (Å²) in [6, 6.07) is 12.7. The maximum absolute atomic E-state index is 12.5. The van der Waals surface area contributed by atoms with Crippen LogP contribution in [-0.2, 0) is 0 Å². The van der Waals surface area contributed by atoms with E-state index in [1.54, 1.807) is 30.5 Å². The molecule has 1 aromatic carbocycles. The van der Waals surface area contributed by atoms with Crippen molar-refractivity contribution in [1.29, 1.82) is 0 Å². The highest BCUT2D eigenvalue weighted by molar-refractivity contribution is 6.30. The minimum absolute atomic E-state index is 0.158. The summed E-state index contributed by atoms with van der Waals surface area (Å²) in [5.74, 6) is -0.158. The topological polar surface area (TPSA) is 42.0 Å². The molecule has 0 aliphatic carbocycles. The lowest BCUT2D eigenvalue weighted by Gasteiger charge is -2.10. The molecule has 2 rings (SSSR count). The molecule has 0 atom stereocenters. The maximum Gasteiger partial charge on any atom is 0.255 e. The Morgan fingerprint density at radius 2 is 1.88 bits per heavy atom. The molecule has 3 nitrogen and oxygen atoms in total. The Labute approximate surface area is 160 Å². The lowest BCUT2D eigenvalue weighted by atomic mass is 10.1. The van der Waals surface area contributed by atoms with Gasteiger partial charge in [0.05, 0.1) is 5.69 Å². The number of halogens is 1. The van der Waals surface area contributed by atoms with Gasteiger partial charge in [-0.05, 0) is 73.9 Å². The molecule has 4 heteroatoms. The van der Waals surface area contributed by atoms with Crippen molar-refractivity contribution in [3.8, 4) is 0 Å². The van der Waals surface area contributed by atoms with Crippen molar-refractivity contribution < 1.29 is 4.79 Å². The summed E-state index contributed by atoms with van der Waals surface area (Å²) in [6.45, 7) is 6.04. The molecule has 0 spiro atoms. The van der Waals surface area contributed by atoms with Crippen molar-refractivity contribution in [2.45, 2.75) is 27.2 Å². The van der Waals surface area contributed by atoms with Crippen molar-refractivity contribution >= 4 is 23.1 Å². The summed E-state index contributed by atoms with van der Waals surface area (Å²) in [5, 5.41) is 3.60. The third kappa shape index (κ3) is 5.43. The van der Waals surface area contributed by atoms with Gasteiger partial charge in [0.15, 0.2) is 0 Å². The second-order valence-corrected chi connectivity index (χ2v) is 6.24. The van der Waals surface area contributed by atoms with E-state index in [2.05, 4.69) is 17.2 Å². The van der Waals surface area contributed by atoms with Gasteiger partial charge >= 0.3 is 0 Å². The fourth-order valence-electron chi connectivity index (χ4n) is 2.31. The van der Waals surface area contributed by atoms with Crippen LogP contribution in [0.3, 0.4) is 0 Å². The van der Waals surface area contributed by atoms with Crippen LogP contribution in [-0.4, -0.2) is 10.9 Å². The molecule has 1 N–H and O–H groups in total. The summed E-state index contributed by atoms with van der Waals surface area (Å²) >= 11 is 5.89. The van der Waals surface area contributed by atoms with Gasteiger partial charge in [-0.2, -0.15) is 0 Å². The van der Waals surface area contributed by atoms with Crippen LogP contribution in [0.25, 0.3) is 5.57 Å². The van der Waals surface area contributed by atoms with E-state index in [-0.39, 0.29) is 5.91 Å². The van der Waals surface area contributed by atoms with Crippen molar-refractivity contribution in [3.63, 3.8) is 0 Å². The van der Waals surface area contributed by atoms with Gasteiger partial charge in [0.25, 0.3) is 5.91 Å². The van der Waals surface area contributed by atoms with Crippen molar-refractivity contribution in [1.82, 2.24) is 10.3 Å². The molecule has 1 amide bonds. The molecule has 0 unspecified atom stereocenters. The molecule has 26 heavy (non-hydrogen) atoms. The first-order valence-electron chi connectivity index (χ1n) is 8.57. The van der Waals surface area contributed by atoms with Gasteiger partial charge in [-0.3, -0.25) is 9.78 Å². The number of allylic oxidation sites excluding steroid dienone is 5.